The van der Waals surface area contributed by atoms with Crippen LogP contribution in [0.3, 0.4) is 0 Å². The number of hydrogen-bond donors (Lipinski definition) is 2. The Morgan fingerprint density at radius 1 is 1.56 bits per heavy atom. The Morgan fingerprint density at radius 3 is 2.81 bits per heavy atom. The first-order chi connectivity index (χ1) is 7.54. The predicted octanol–water partition coefficient (Wildman–Crippen LogP) is 1.16. The number of rotatable bonds is 5. The van der Waals surface area contributed by atoms with Crippen molar-refractivity contribution < 1.29 is 14.1 Å². The lowest BCUT2D eigenvalue weighted by molar-refractivity contribution is 0.219. The van der Waals surface area contributed by atoms with Crippen molar-refractivity contribution in [1.82, 2.24) is 0 Å². The lowest BCUT2D eigenvalue weighted by atomic mass is 10.3. The Hall–Kier alpha value is -1.07. The molecule has 0 aromatic heterocycles. The molecule has 3 N–H and O–H groups in total. The zero-order chi connectivity index (χ0) is 12.1. The van der Waals surface area contributed by atoms with Crippen molar-refractivity contribution in [3.8, 4) is 5.75 Å². The van der Waals surface area contributed by atoms with E-state index >= 15 is 0 Å². The molecule has 0 aliphatic carbocycles. The van der Waals surface area contributed by atoms with Crippen LogP contribution in [-0.2, 0) is 10.8 Å². The molecule has 0 spiro atoms. The van der Waals surface area contributed by atoms with Crippen molar-refractivity contribution in [3.63, 3.8) is 0 Å². The predicted molar refractivity (Wildman–Crippen MR) is 65.0 cm³/mol. The molecule has 1 aromatic rings. The van der Waals surface area contributed by atoms with E-state index in [0.29, 0.717) is 22.9 Å². The summed E-state index contributed by atoms with van der Waals surface area (Å²) in [6.45, 7) is 4.02. The standard InChI is InChI=1S/C11H17NO3S/c1-3-15-9-4-5-10(12)11(6-9)16(14)7-8(2)13/h4-6,8,13H,3,7,12H2,1-2H3. The summed E-state index contributed by atoms with van der Waals surface area (Å²) in [5, 5.41) is 9.18. The Labute approximate surface area is 97.9 Å². The third-order valence-electron chi connectivity index (χ3n) is 1.93. The zero-order valence-electron chi connectivity index (χ0n) is 9.47. The smallest absolute Gasteiger partial charge is 0.120 e. The highest BCUT2D eigenvalue weighted by molar-refractivity contribution is 7.85. The highest BCUT2D eigenvalue weighted by atomic mass is 32.2. The van der Waals surface area contributed by atoms with Gasteiger partial charge >= 0.3 is 0 Å². The van der Waals surface area contributed by atoms with Crippen LogP contribution in [0.2, 0.25) is 0 Å². The summed E-state index contributed by atoms with van der Waals surface area (Å²) in [4.78, 5) is 0.520. The van der Waals surface area contributed by atoms with E-state index in [-0.39, 0.29) is 5.75 Å². The molecule has 2 unspecified atom stereocenters. The fraction of sp³-hybridized carbons (Fsp3) is 0.455. The molecule has 0 saturated heterocycles. The minimum Gasteiger partial charge on any atom is -0.494 e. The molecule has 90 valence electrons. The second kappa shape index (κ2) is 5.86. The molecular formula is C11H17NO3S. The first-order valence-corrected chi connectivity index (χ1v) is 6.45. The zero-order valence-corrected chi connectivity index (χ0v) is 10.3. The van der Waals surface area contributed by atoms with Gasteiger partial charge in [-0.3, -0.25) is 4.21 Å². The van der Waals surface area contributed by atoms with E-state index in [0.717, 1.165) is 0 Å². The van der Waals surface area contributed by atoms with Gasteiger partial charge in [0.15, 0.2) is 0 Å². The van der Waals surface area contributed by atoms with Crippen LogP contribution in [0.15, 0.2) is 23.1 Å². The number of nitrogens with two attached hydrogens (primary N) is 1. The van der Waals surface area contributed by atoms with Crippen molar-refractivity contribution in [3.05, 3.63) is 18.2 Å². The topological polar surface area (TPSA) is 72.5 Å². The van der Waals surface area contributed by atoms with E-state index in [2.05, 4.69) is 0 Å². The van der Waals surface area contributed by atoms with Gasteiger partial charge in [-0.05, 0) is 32.0 Å². The summed E-state index contributed by atoms with van der Waals surface area (Å²) in [7, 11) is -1.29. The maximum atomic E-state index is 11.8. The molecule has 16 heavy (non-hydrogen) atoms. The maximum Gasteiger partial charge on any atom is 0.120 e. The molecule has 0 aliphatic rings. The van der Waals surface area contributed by atoms with Crippen LogP contribution in [0.25, 0.3) is 0 Å². The van der Waals surface area contributed by atoms with E-state index in [1.165, 1.54) is 0 Å². The average molecular weight is 243 g/mol. The minimum absolute atomic E-state index is 0.180. The molecule has 1 rings (SSSR count). The molecule has 4 nitrogen and oxygen atoms in total. The van der Waals surface area contributed by atoms with Crippen LogP contribution < -0.4 is 10.5 Å². The molecule has 1 aromatic carbocycles. The van der Waals surface area contributed by atoms with Crippen LogP contribution in [0.1, 0.15) is 13.8 Å². The van der Waals surface area contributed by atoms with Gasteiger partial charge in [0, 0.05) is 5.69 Å². The summed E-state index contributed by atoms with van der Waals surface area (Å²) in [5.41, 5.74) is 6.19. The summed E-state index contributed by atoms with van der Waals surface area (Å²) >= 11 is 0. The second-order valence-electron chi connectivity index (χ2n) is 3.49. The van der Waals surface area contributed by atoms with E-state index in [9.17, 15) is 9.32 Å². The molecule has 0 aliphatic heterocycles. The summed E-state index contributed by atoms with van der Waals surface area (Å²) in [5.74, 6) is 0.824. The molecule has 0 amide bonds. The van der Waals surface area contributed by atoms with Gasteiger partial charge < -0.3 is 15.6 Å². The number of aliphatic hydroxyl groups is 1. The molecule has 5 heteroatoms. The maximum absolute atomic E-state index is 11.8. The Morgan fingerprint density at radius 2 is 2.25 bits per heavy atom. The number of ether oxygens (including phenoxy) is 1. The lowest BCUT2D eigenvalue weighted by Gasteiger charge is -2.10. The Balaban J connectivity index is 2.93. The van der Waals surface area contributed by atoms with Crippen molar-refractivity contribution in [2.24, 2.45) is 0 Å². The quantitative estimate of drug-likeness (QED) is 0.761. The number of benzene rings is 1. The van der Waals surface area contributed by atoms with Gasteiger partial charge in [0.05, 0.1) is 34.2 Å². The number of nitrogen functional groups attached to an aromatic ring is 1. The van der Waals surface area contributed by atoms with Crippen molar-refractivity contribution >= 4 is 16.5 Å². The van der Waals surface area contributed by atoms with Gasteiger partial charge in [0.1, 0.15) is 5.75 Å². The summed E-state index contributed by atoms with van der Waals surface area (Å²) in [6.07, 6.45) is -0.615. The van der Waals surface area contributed by atoms with Gasteiger partial charge in [0.25, 0.3) is 0 Å². The van der Waals surface area contributed by atoms with E-state index in [1.54, 1.807) is 25.1 Å². The minimum atomic E-state index is -1.29. The number of hydrogen-bond acceptors (Lipinski definition) is 4. The fourth-order valence-electron chi connectivity index (χ4n) is 1.28. The average Bonchev–Trinajstić information content (AvgIpc) is 2.20. The van der Waals surface area contributed by atoms with E-state index < -0.39 is 16.9 Å². The van der Waals surface area contributed by atoms with E-state index in [4.69, 9.17) is 10.5 Å². The largest absolute Gasteiger partial charge is 0.494 e. The van der Waals surface area contributed by atoms with Gasteiger partial charge in [-0.2, -0.15) is 0 Å². The molecule has 0 heterocycles. The van der Waals surface area contributed by atoms with Crippen LogP contribution in [0.4, 0.5) is 5.69 Å². The SMILES string of the molecule is CCOc1ccc(N)c(S(=O)CC(C)O)c1. The molecule has 0 radical (unpaired) electrons. The van der Waals surface area contributed by atoms with Crippen LogP contribution in [0.5, 0.6) is 5.75 Å². The van der Waals surface area contributed by atoms with Gasteiger partial charge in [-0.25, -0.2) is 0 Å². The van der Waals surface area contributed by atoms with Gasteiger partial charge in [-0.1, -0.05) is 0 Å². The second-order valence-corrected chi connectivity index (χ2v) is 4.96. The highest BCUT2D eigenvalue weighted by Crippen LogP contribution is 2.23. The molecule has 0 saturated carbocycles. The molecule has 0 fully saturated rings. The Kier molecular flexibility index (Phi) is 4.76. The normalized spacial score (nSPS) is 14.4. The molecule has 0 bridgehead atoms. The molecule has 2 atom stereocenters. The molecular weight excluding hydrogens is 226 g/mol. The van der Waals surface area contributed by atoms with Crippen LogP contribution in [0, 0.1) is 0 Å². The highest BCUT2D eigenvalue weighted by Gasteiger charge is 2.11. The van der Waals surface area contributed by atoms with Crippen molar-refractivity contribution in [2.45, 2.75) is 24.8 Å². The Bertz CT molecular complexity index is 379. The summed E-state index contributed by atoms with van der Waals surface area (Å²) < 4.78 is 17.2. The fourth-order valence-corrected chi connectivity index (χ4v) is 2.47. The van der Waals surface area contributed by atoms with Crippen molar-refractivity contribution in [2.75, 3.05) is 18.1 Å². The number of aliphatic hydroxyl groups excluding tert-OH is 1. The lowest BCUT2D eigenvalue weighted by Crippen LogP contribution is -2.13. The van der Waals surface area contributed by atoms with E-state index in [1.807, 2.05) is 6.92 Å². The van der Waals surface area contributed by atoms with Crippen LogP contribution in [-0.4, -0.2) is 27.8 Å². The third-order valence-corrected chi connectivity index (χ3v) is 3.56. The first-order valence-electron chi connectivity index (χ1n) is 5.13. The van der Waals surface area contributed by atoms with Crippen molar-refractivity contribution in [1.29, 1.82) is 0 Å². The first kappa shape index (κ1) is 13.0. The third kappa shape index (κ3) is 3.50. The van der Waals surface area contributed by atoms with Crippen LogP contribution >= 0.6 is 0 Å². The monoisotopic (exact) mass is 243 g/mol. The number of anilines is 1. The van der Waals surface area contributed by atoms with Gasteiger partial charge in [0.2, 0.25) is 0 Å². The summed E-state index contributed by atoms with van der Waals surface area (Å²) in [6, 6.07) is 5.07. The van der Waals surface area contributed by atoms with Gasteiger partial charge in [-0.15, -0.1) is 0 Å².